The van der Waals surface area contributed by atoms with Crippen molar-refractivity contribution < 1.29 is 0 Å². The Labute approximate surface area is 117 Å². The van der Waals surface area contributed by atoms with E-state index in [4.69, 9.17) is 11.6 Å². The third-order valence-electron chi connectivity index (χ3n) is 3.00. The molecule has 0 aliphatic rings. The Morgan fingerprint density at radius 3 is 2.68 bits per heavy atom. The van der Waals surface area contributed by atoms with Crippen molar-refractivity contribution in [1.82, 2.24) is 4.98 Å². The number of aromatic nitrogens is 1. The fraction of sp³-hybridized carbons (Fsp3) is 0.0625. The van der Waals surface area contributed by atoms with E-state index >= 15 is 0 Å². The van der Waals surface area contributed by atoms with E-state index in [9.17, 15) is 0 Å². The second-order valence-electron chi connectivity index (χ2n) is 4.37. The summed E-state index contributed by atoms with van der Waals surface area (Å²) < 4.78 is 0. The molecule has 19 heavy (non-hydrogen) atoms. The maximum atomic E-state index is 6.14. The molecule has 0 radical (unpaired) electrons. The minimum atomic E-state index is 0.719. The summed E-state index contributed by atoms with van der Waals surface area (Å²) in [7, 11) is 0. The molecule has 0 bridgehead atoms. The monoisotopic (exact) mass is 268 g/mol. The van der Waals surface area contributed by atoms with Crippen LogP contribution in [0.3, 0.4) is 0 Å². The number of rotatable bonds is 3. The topological polar surface area (TPSA) is 24.9 Å². The third-order valence-corrected chi connectivity index (χ3v) is 3.21. The Kier molecular flexibility index (Phi) is 3.34. The zero-order chi connectivity index (χ0) is 13.1. The first-order chi connectivity index (χ1) is 9.33. The summed E-state index contributed by atoms with van der Waals surface area (Å²) in [5.74, 6) is 0. The molecule has 2 nitrogen and oxygen atoms in total. The molecule has 2 aromatic carbocycles. The lowest BCUT2D eigenvalue weighted by Gasteiger charge is -2.10. The first-order valence-electron chi connectivity index (χ1n) is 6.15. The molecule has 0 aliphatic carbocycles. The molecule has 0 saturated carbocycles. The van der Waals surface area contributed by atoms with E-state index in [-0.39, 0.29) is 0 Å². The molecular weight excluding hydrogens is 256 g/mol. The zero-order valence-electron chi connectivity index (χ0n) is 10.3. The molecule has 0 saturated heterocycles. The van der Waals surface area contributed by atoms with Gasteiger partial charge in [0, 0.05) is 23.2 Å². The smallest absolute Gasteiger partial charge is 0.0934 e. The summed E-state index contributed by atoms with van der Waals surface area (Å²) in [6, 6.07) is 18.0. The van der Waals surface area contributed by atoms with E-state index in [0.717, 1.165) is 28.2 Å². The van der Waals surface area contributed by atoms with Gasteiger partial charge in [-0.15, -0.1) is 0 Å². The Hall–Kier alpha value is -2.06. The molecule has 0 spiro atoms. The average molecular weight is 269 g/mol. The van der Waals surface area contributed by atoms with Crippen LogP contribution in [0.15, 0.2) is 60.8 Å². The van der Waals surface area contributed by atoms with Crippen LogP contribution in [0.4, 0.5) is 5.69 Å². The van der Waals surface area contributed by atoms with Gasteiger partial charge in [-0.1, -0.05) is 48.0 Å². The summed E-state index contributed by atoms with van der Waals surface area (Å²) in [6.07, 6.45) is 1.80. The Morgan fingerprint density at radius 2 is 1.84 bits per heavy atom. The molecule has 0 fully saturated rings. The van der Waals surface area contributed by atoms with Crippen LogP contribution in [0.1, 0.15) is 5.56 Å². The van der Waals surface area contributed by atoms with Crippen molar-refractivity contribution in [1.29, 1.82) is 0 Å². The summed E-state index contributed by atoms with van der Waals surface area (Å²) in [5, 5.41) is 5.16. The van der Waals surface area contributed by atoms with Crippen molar-refractivity contribution >= 4 is 28.2 Å². The van der Waals surface area contributed by atoms with Gasteiger partial charge >= 0.3 is 0 Å². The minimum Gasteiger partial charge on any atom is -0.379 e. The van der Waals surface area contributed by atoms with E-state index in [1.807, 2.05) is 42.5 Å². The number of fused-ring (bicyclic) bond motifs is 1. The summed E-state index contributed by atoms with van der Waals surface area (Å²) in [4.78, 5) is 4.41. The second-order valence-corrected chi connectivity index (χ2v) is 4.80. The van der Waals surface area contributed by atoms with Crippen molar-refractivity contribution in [2.45, 2.75) is 6.54 Å². The average Bonchev–Trinajstić information content (AvgIpc) is 2.45. The number of nitrogens with zero attached hydrogens (tertiary/aromatic N) is 1. The molecule has 1 N–H and O–H groups in total. The van der Waals surface area contributed by atoms with Crippen LogP contribution >= 0.6 is 11.6 Å². The van der Waals surface area contributed by atoms with Gasteiger partial charge in [-0.25, -0.2) is 0 Å². The minimum absolute atomic E-state index is 0.719. The van der Waals surface area contributed by atoms with Crippen LogP contribution in [-0.2, 0) is 6.54 Å². The molecule has 3 heteroatoms. The number of anilines is 1. The van der Waals surface area contributed by atoms with Gasteiger partial charge in [0.15, 0.2) is 0 Å². The molecule has 0 unspecified atom stereocenters. The Balaban J connectivity index is 1.92. The van der Waals surface area contributed by atoms with Crippen LogP contribution in [0.5, 0.6) is 0 Å². The Bertz CT molecular complexity index is 695. The van der Waals surface area contributed by atoms with E-state index in [2.05, 4.69) is 22.4 Å². The molecule has 94 valence electrons. The predicted octanol–water partition coefficient (Wildman–Crippen LogP) is 4.50. The molecule has 0 amide bonds. The van der Waals surface area contributed by atoms with Crippen molar-refractivity contribution in [3.8, 4) is 0 Å². The lowest BCUT2D eigenvalue weighted by molar-refractivity contribution is 1.15. The van der Waals surface area contributed by atoms with Crippen molar-refractivity contribution in [3.63, 3.8) is 0 Å². The highest BCUT2D eigenvalue weighted by Gasteiger charge is 2.04. The fourth-order valence-electron chi connectivity index (χ4n) is 2.08. The second kappa shape index (κ2) is 5.29. The van der Waals surface area contributed by atoms with Crippen LogP contribution < -0.4 is 5.32 Å². The van der Waals surface area contributed by atoms with Crippen molar-refractivity contribution in [3.05, 3.63) is 71.4 Å². The number of benzene rings is 2. The number of hydrogen-bond donors (Lipinski definition) is 1. The SMILES string of the molecule is Clc1cc(NCc2ccccc2)c2ncccc2c1. The summed E-state index contributed by atoms with van der Waals surface area (Å²) in [6.45, 7) is 0.757. The standard InChI is InChI=1S/C16H13ClN2/c17-14-9-13-7-4-8-18-16(13)15(10-14)19-11-12-5-2-1-3-6-12/h1-10,19H,11H2. The fourth-order valence-corrected chi connectivity index (χ4v) is 2.31. The first kappa shape index (κ1) is 12.0. The molecule has 1 heterocycles. The van der Waals surface area contributed by atoms with E-state index in [1.54, 1.807) is 6.20 Å². The normalized spacial score (nSPS) is 10.6. The zero-order valence-corrected chi connectivity index (χ0v) is 11.1. The van der Waals surface area contributed by atoms with E-state index in [1.165, 1.54) is 5.56 Å². The van der Waals surface area contributed by atoms with Crippen LogP contribution in [0.25, 0.3) is 10.9 Å². The summed E-state index contributed by atoms with van der Waals surface area (Å²) >= 11 is 6.14. The lowest BCUT2D eigenvalue weighted by Crippen LogP contribution is -2.00. The van der Waals surface area contributed by atoms with E-state index in [0.29, 0.717) is 0 Å². The van der Waals surface area contributed by atoms with Crippen LogP contribution in [0, 0.1) is 0 Å². The van der Waals surface area contributed by atoms with E-state index < -0.39 is 0 Å². The van der Waals surface area contributed by atoms with Crippen molar-refractivity contribution in [2.75, 3.05) is 5.32 Å². The molecule has 1 aromatic heterocycles. The molecule has 0 aliphatic heterocycles. The van der Waals surface area contributed by atoms with Gasteiger partial charge < -0.3 is 5.32 Å². The number of halogens is 1. The molecule has 0 atom stereocenters. The van der Waals surface area contributed by atoms with Gasteiger partial charge in [0.1, 0.15) is 0 Å². The number of pyridine rings is 1. The molecule has 3 rings (SSSR count). The largest absolute Gasteiger partial charge is 0.379 e. The molecular formula is C16H13ClN2. The highest BCUT2D eigenvalue weighted by atomic mass is 35.5. The maximum absolute atomic E-state index is 6.14. The van der Waals surface area contributed by atoms with Gasteiger partial charge in [-0.3, -0.25) is 4.98 Å². The van der Waals surface area contributed by atoms with Gasteiger partial charge in [0.05, 0.1) is 11.2 Å². The number of nitrogens with one attached hydrogen (secondary N) is 1. The summed E-state index contributed by atoms with van der Waals surface area (Å²) in [5.41, 5.74) is 3.14. The Morgan fingerprint density at radius 1 is 1.00 bits per heavy atom. The quantitative estimate of drug-likeness (QED) is 0.756. The number of hydrogen-bond acceptors (Lipinski definition) is 2. The lowest BCUT2D eigenvalue weighted by atomic mass is 10.1. The highest BCUT2D eigenvalue weighted by Crippen LogP contribution is 2.26. The molecule has 3 aromatic rings. The van der Waals surface area contributed by atoms with Gasteiger partial charge in [-0.2, -0.15) is 0 Å². The van der Waals surface area contributed by atoms with Gasteiger partial charge in [0.2, 0.25) is 0 Å². The van der Waals surface area contributed by atoms with Crippen molar-refractivity contribution in [2.24, 2.45) is 0 Å². The van der Waals surface area contributed by atoms with Gasteiger partial charge in [0.25, 0.3) is 0 Å². The predicted molar refractivity (Wildman–Crippen MR) is 80.5 cm³/mol. The highest BCUT2D eigenvalue weighted by molar-refractivity contribution is 6.31. The maximum Gasteiger partial charge on any atom is 0.0934 e. The first-order valence-corrected chi connectivity index (χ1v) is 6.53. The third kappa shape index (κ3) is 2.69. The van der Waals surface area contributed by atoms with Gasteiger partial charge in [-0.05, 0) is 23.8 Å². The van der Waals surface area contributed by atoms with Crippen LogP contribution in [-0.4, -0.2) is 4.98 Å². The van der Waals surface area contributed by atoms with Crippen LogP contribution in [0.2, 0.25) is 5.02 Å².